The number of pyridine rings is 1. The minimum Gasteiger partial charge on any atom is -0.274 e. The van der Waals surface area contributed by atoms with Crippen molar-refractivity contribution in [2.45, 2.75) is 11.8 Å². The van der Waals surface area contributed by atoms with Crippen LogP contribution < -0.4 is 4.72 Å². The molecular weight excluding hydrogens is 320 g/mol. The van der Waals surface area contributed by atoms with Gasteiger partial charge < -0.3 is 0 Å². The highest BCUT2D eigenvalue weighted by Crippen LogP contribution is 2.18. The Kier molecular flexibility index (Phi) is 3.40. The Hall–Kier alpha value is -1.41. The molecule has 2 heterocycles. The maximum absolute atomic E-state index is 12.1. The quantitative estimate of drug-likeness (QED) is 0.928. The van der Waals surface area contributed by atoms with E-state index in [9.17, 15) is 8.42 Å². The van der Waals surface area contributed by atoms with E-state index in [-0.39, 0.29) is 10.7 Å². The summed E-state index contributed by atoms with van der Waals surface area (Å²) in [4.78, 5) is 4.11. The third-order valence-electron chi connectivity index (χ3n) is 2.22. The largest absolute Gasteiger partial charge is 0.274 e. The summed E-state index contributed by atoms with van der Waals surface area (Å²) in [5.74, 6) is 0.265. The number of hydrogen-bond acceptors (Lipinski definition) is 4. The molecule has 96 valence electrons. The molecule has 0 aliphatic carbocycles. The summed E-state index contributed by atoms with van der Waals surface area (Å²) in [6.07, 6.45) is 2.98. The molecule has 0 spiro atoms. The van der Waals surface area contributed by atoms with E-state index >= 15 is 0 Å². The van der Waals surface area contributed by atoms with E-state index in [2.05, 4.69) is 30.7 Å². The normalized spacial score (nSPS) is 11.5. The number of aryl methyl sites for hydroxylation is 2. The second-order valence-corrected chi connectivity index (χ2v) is 6.29. The minimum atomic E-state index is -3.65. The lowest BCUT2D eigenvalue weighted by Crippen LogP contribution is -2.14. The summed E-state index contributed by atoms with van der Waals surface area (Å²) >= 11 is 3.23. The number of halogens is 1. The highest BCUT2D eigenvalue weighted by atomic mass is 79.9. The summed E-state index contributed by atoms with van der Waals surface area (Å²) in [6.45, 7) is 1.64. The Morgan fingerprint density at radius 3 is 2.61 bits per heavy atom. The van der Waals surface area contributed by atoms with Gasteiger partial charge in [0, 0.05) is 23.9 Å². The first-order valence-electron chi connectivity index (χ1n) is 5.03. The van der Waals surface area contributed by atoms with E-state index in [1.807, 2.05) is 0 Å². The van der Waals surface area contributed by atoms with Crippen LogP contribution in [0.1, 0.15) is 5.69 Å². The number of aromatic nitrogens is 3. The summed E-state index contributed by atoms with van der Waals surface area (Å²) in [5.41, 5.74) is 0.446. The fourth-order valence-corrected chi connectivity index (χ4v) is 2.93. The third-order valence-corrected chi connectivity index (χ3v) is 4.15. The van der Waals surface area contributed by atoms with Crippen molar-refractivity contribution < 1.29 is 8.42 Å². The number of sulfonamides is 1. The molecule has 0 amide bonds. The maximum atomic E-state index is 12.1. The van der Waals surface area contributed by atoms with Crippen molar-refractivity contribution in [2.24, 2.45) is 7.05 Å². The number of nitrogens with zero attached hydrogens (tertiary/aromatic N) is 3. The predicted molar refractivity (Wildman–Crippen MR) is 70.7 cm³/mol. The molecule has 2 rings (SSSR count). The third kappa shape index (κ3) is 2.70. The average molecular weight is 331 g/mol. The molecule has 6 nitrogen and oxygen atoms in total. The van der Waals surface area contributed by atoms with Crippen LogP contribution in [0.3, 0.4) is 0 Å². The molecular formula is C10H11BrN4O2S. The van der Waals surface area contributed by atoms with Crippen LogP contribution in [0.25, 0.3) is 0 Å². The number of nitrogens with one attached hydrogen (secondary N) is 1. The highest BCUT2D eigenvalue weighted by molar-refractivity contribution is 9.10. The lowest BCUT2D eigenvalue weighted by molar-refractivity contribution is 0.600. The Bertz CT molecular complexity index is 664. The van der Waals surface area contributed by atoms with Crippen LogP contribution in [-0.4, -0.2) is 23.2 Å². The van der Waals surface area contributed by atoms with Crippen LogP contribution in [-0.2, 0) is 17.1 Å². The summed E-state index contributed by atoms with van der Waals surface area (Å²) < 4.78 is 28.8. The Morgan fingerprint density at radius 2 is 2.11 bits per heavy atom. The molecule has 0 atom stereocenters. The zero-order valence-corrected chi connectivity index (χ0v) is 12.2. The molecule has 2 aromatic rings. The van der Waals surface area contributed by atoms with Crippen molar-refractivity contribution in [2.75, 3.05) is 4.72 Å². The van der Waals surface area contributed by atoms with Crippen molar-refractivity contribution >= 4 is 31.8 Å². The number of anilines is 1. The van der Waals surface area contributed by atoms with Gasteiger partial charge in [0.05, 0.1) is 5.69 Å². The van der Waals surface area contributed by atoms with Crippen LogP contribution >= 0.6 is 15.9 Å². The van der Waals surface area contributed by atoms with Gasteiger partial charge in [-0.1, -0.05) is 0 Å². The van der Waals surface area contributed by atoms with Crippen LogP contribution in [0, 0.1) is 6.92 Å². The van der Waals surface area contributed by atoms with Gasteiger partial charge in [0.2, 0.25) is 0 Å². The molecule has 0 bridgehead atoms. The molecule has 0 aliphatic heterocycles. The van der Waals surface area contributed by atoms with Gasteiger partial charge in [0.1, 0.15) is 10.7 Å². The summed E-state index contributed by atoms with van der Waals surface area (Å²) in [7, 11) is -1.98. The fourth-order valence-electron chi connectivity index (χ4n) is 1.47. The second-order valence-electron chi connectivity index (χ2n) is 3.72. The van der Waals surface area contributed by atoms with E-state index in [0.717, 1.165) is 4.47 Å². The minimum absolute atomic E-state index is 0.148. The van der Waals surface area contributed by atoms with Gasteiger partial charge in [-0.2, -0.15) is 5.10 Å². The van der Waals surface area contributed by atoms with Gasteiger partial charge in [-0.05, 0) is 35.0 Å². The van der Waals surface area contributed by atoms with Gasteiger partial charge in [-0.25, -0.2) is 13.4 Å². The standard InChI is InChI=1S/C10H11BrN4O2S/c1-7-9(6-15(2)13-7)18(16,17)14-10-4-3-8(11)5-12-10/h3-6H,1-2H3,(H,12,14). The lowest BCUT2D eigenvalue weighted by atomic mass is 10.5. The number of hydrogen-bond donors (Lipinski definition) is 1. The SMILES string of the molecule is Cc1nn(C)cc1S(=O)(=O)Nc1ccc(Br)cn1. The van der Waals surface area contributed by atoms with E-state index < -0.39 is 10.0 Å². The fraction of sp³-hybridized carbons (Fsp3) is 0.200. The van der Waals surface area contributed by atoms with Gasteiger partial charge in [-0.15, -0.1) is 0 Å². The van der Waals surface area contributed by atoms with Crippen molar-refractivity contribution in [1.82, 2.24) is 14.8 Å². The Balaban J connectivity index is 2.33. The first kappa shape index (κ1) is 13.0. The van der Waals surface area contributed by atoms with Crippen molar-refractivity contribution in [3.05, 3.63) is 34.7 Å². The molecule has 0 unspecified atom stereocenters. The molecule has 0 fully saturated rings. The topological polar surface area (TPSA) is 76.9 Å². The first-order valence-corrected chi connectivity index (χ1v) is 7.31. The Morgan fingerprint density at radius 1 is 1.39 bits per heavy atom. The van der Waals surface area contributed by atoms with Gasteiger partial charge in [0.25, 0.3) is 10.0 Å². The molecule has 0 aliphatic rings. The van der Waals surface area contributed by atoms with Crippen molar-refractivity contribution in [1.29, 1.82) is 0 Å². The van der Waals surface area contributed by atoms with E-state index in [1.165, 1.54) is 17.1 Å². The molecule has 2 aromatic heterocycles. The van der Waals surface area contributed by atoms with Crippen molar-refractivity contribution in [3.8, 4) is 0 Å². The van der Waals surface area contributed by atoms with E-state index in [0.29, 0.717) is 5.69 Å². The lowest BCUT2D eigenvalue weighted by Gasteiger charge is -2.05. The predicted octanol–water partition coefficient (Wildman–Crippen LogP) is 1.69. The van der Waals surface area contributed by atoms with Gasteiger partial charge >= 0.3 is 0 Å². The van der Waals surface area contributed by atoms with Gasteiger partial charge in [0.15, 0.2) is 0 Å². The van der Waals surface area contributed by atoms with Crippen LogP contribution in [0.4, 0.5) is 5.82 Å². The van der Waals surface area contributed by atoms with Crippen LogP contribution in [0.15, 0.2) is 33.9 Å². The average Bonchev–Trinajstić information content (AvgIpc) is 2.62. The van der Waals surface area contributed by atoms with Gasteiger partial charge in [-0.3, -0.25) is 9.40 Å². The summed E-state index contributed by atoms with van der Waals surface area (Å²) in [5, 5.41) is 4.00. The van der Waals surface area contributed by atoms with Crippen LogP contribution in [0.5, 0.6) is 0 Å². The van der Waals surface area contributed by atoms with E-state index in [1.54, 1.807) is 26.1 Å². The monoisotopic (exact) mass is 330 g/mol. The maximum Gasteiger partial charge on any atom is 0.266 e. The van der Waals surface area contributed by atoms with E-state index in [4.69, 9.17) is 0 Å². The molecule has 18 heavy (non-hydrogen) atoms. The molecule has 0 aromatic carbocycles. The number of rotatable bonds is 3. The highest BCUT2D eigenvalue weighted by Gasteiger charge is 2.20. The smallest absolute Gasteiger partial charge is 0.266 e. The summed E-state index contributed by atoms with van der Waals surface area (Å²) in [6, 6.07) is 3.29. The molecule has 8 heteroatoms. The van der Waals surface area contributed by atoms with Crippen molar-refractivity contribution in [3.63, 3.8) is 0 Å². The first-order chi connectivity index (χ1) is 8.38. The molecule has 0 saturated heterocycles. The zero-order valence-electron chi connectivity index (χ0n) is 9.75. The molecule has 0 radical (unpaired) electrons. The zero-order chi connectivity index (χ0) is 13.3. The Labute approximate surface area is 113 Å². The molecule has 0 saturated carbocycles. The van der Waals surface area contributed by atoms with Crippen LogP contribution in [0.2, 0.25) is 0 Å². The molecule has 1 N–H and O–H groups in total. The second kappa shape index (κ2) is 4.69.